The van der Waals surface area contributed by atoms with Gasteiger partial charge in [-0.3, -0.25) is 9.59 Å². The minimum absolute atomic E-state index is 0.0738. The summed E-state index contributed by atoms with van der Waals surface area (Å²) in [5.74, 6) is -1.05. The number of Topliss-reactive ketones (excluding diaryl/α,β-unsaturated/α-hetero) is 1. The zero-order chi connectivity index (χ0) is 26.9. The normalized spacial score (nSPS) is 30.9. The minimum Gasteiger partial charge on any atom is -0.465 e. The SMILES string of the molecule is CCOC(=O)[C@@]1(C/C=C/C(=O)O[C@H]2C[C@@H]3CC[C@@]2(CS(=O)(=O)c2ccccc2)C3(C)C)CCCCC1=O. The molecule has 0 aromatic heterocycles. The van der Waals surface area contributed by atoms with E-state index in [0.29, 0.717) is 25.7 Å². The first kappa shape index (κ1) is 27.6. The van der Waals surface area contributed by atoms with Crippen molar-refractivity contribution >= 4 is 27.6 Å². The standard InChI is InChI=1S/C29H38O7S/c1-4-35-26(32)28(16-9-8-13-23(28)30)17-10-14-25(31)36-24-19-21-15-18-29(24,27(21,2)3)20-37(33,34)22-11-6-5-7-12-22/h5-7,10-12,14,21,24H,4,8-9,13,15-20H2,1-3H3/b14-10+/t21-,24-,28+,29-/m0/s1. The molecule has 3 aliphatic rings. The highest BCUT2D eigenvalue weighted by molar-refractivity contribution is 7.91. The van der Waals surface area contributed by atoms with Crippen molar-refractivity contribution in [2.75, 3.05) is 12.4 Å². The van der Waals surface area contributed by atoms with Crippen molar-refractivity contribution in [3.8, 4) is 0 Å². The van der Waals surface area contributed by atoms with Crippen molar-refractivity contribution in [2.45, 2.75) is 83.1 Å². The molecule has 3 aliphatic carbocycles. The molecule has 0 heterocycles. The summed E-state index contributed by atoms with van der Waals surface area (Å²) in [7, 11) is -3.59. The molecule has 0 amide bonds. The van der Waals surface area contributed by atoms with Crippen LogP contribution in [0.1, 0.15) is 72.1 Å². The highest BCUT2D eigenvalue weighted by Crippen LogP contribution is 2.67. The monoisotopic (exact) mass is 530 g/mol. The first-order chi connectivity index (χ1) is 17.5. The average molecular weight is 531 g/mol. The van der Waals surface area contributed by atoms with Gasteiger partial charge in [0.1, 0.15) is 17.3 Å². The number of rotatable bonds is 9. The largest absolute Gasteiger partial charge is 0.465 e. The van der Waals surface area contributed by atoms with E-state index >= 15 is 0 Å². The van der Waals surface area contributed by atoms with Crippen molar-refractivity contribution < 1.29 is 32.3 Å². The smallest absolute Gasteiger partial charge is 0.330 e. The summed E-state index contributed by atoms with van der Waals surface area (Å²) < 4.78 is 37.9. The van der Waals surface area contributed by atoms with E-state index in [0.717, 1.165) is 19.3 Å². The van der Waals surface area contributed by atoms with Crippen molar-refractivity contribution in [2.24, 2.45) is 22.2 Å². The number of ether oxygens (including phenoxy) is 2. The second kappa shape index (κ2) is 10.4. The molecule has 7 nitrogen and oxygen atoms in total. The van der Waals surface area contributed by atoms with E-state index in [-0.39, 0.29) is 40.8 Å². The lowest BCUT2D eigenvalue weighted by molar-refractivity contribution is -0.162. The van der Waals surface area contributed by atoms with Crippen molar-refractivity contribution in [3.63, 3.8) is 0 Å². The maximum atomic E-state index is 13.4. The van der Waals surface area contributed by atoms with Gasteiger partial charge in [-0.05, 0) is 68.9 Å². The van der Waals surface area contributed by atoms with E-state index in [9.17, 15) is 22.8 Å². The number of hydrogen-bond donors (Lipinski definition) is 0. The predicted molar refractivity (Wildman–Crippen MR) is 138 cm³/mol. The van der Waals surface area contributed by atoms with E-state index < -0.39 is 38.7 Å². The molecular weight excluding hydrogens is 492 g/mol. The Morgan fingerprint density at radius 1 is 1.11 bits per heavy atom. The quantitative estimate of drug-likeness (QED) is 0.256. The molecule has 0 unspecified atom stereocenters. The molecule has 0 N–H and O–H groups in total. The Bertz CT molecular complexity index is 1170. The number of carbonyl (C=O) groups is 3. The fraction of sp³-hybridized carbons (Fsp3) is 0.621. The van der Waals surface area contributed by atoms with Crippen LogP contribution in [0.2, 0.25) is 0 Å². The molecule has 1 aromatic carbocycles. The Kier molecular flexibility index (Phi) is 7.71. The Hall–Kier alpha value is -2.48. The molecule has 0 aliphatic heterocycles. The minimum atomic E-state index is -3.59. The number of hydrogen-bond acceptors (Lipinski definition) is 7. The van der Waals surface area contributed by atoms with Gasteiger partial charge in [0.15, 0.2) is 9.84 Å². The number of ketones is 1. The number of sulfone groups is 1. The Balaban J connectivity index is 1.50. The second-order valence-electron chi connectivity index (χ2n) is 11.4. The molecule has 4 atom stereocenters. The van der Waals surface area contributed by atoms with Gasteiger partial charge in [-0.2, -0.15) is 0 Å². The first-order valence-corrected chi connectivity index (χ1v) is 15.0. The van der Waals surface area contributed by atoms with Gasteiger partial charge >= 0.3 is 11.9 Å². The van der Waals surface area contributed by atoms with Gasteiger partial charge in [-0.15, -0.1) is 0 Å². The number of carbonyl (C=O) groups excluding carboxylic acids is 3. The van der Waals surface area contributed by atoms with Crippen LogP contribution in [0.25, 0.3) is 0 Å². The summed E-state index contributed by atoms with van der Waals surface area (Å²) in [4.78, 5) is 38.6. The molecule has 1 aromatic rings. The fourth-order valence-electron chi connectivity index (χ4n) is 6.97. The summed E-state index contributed by atoms with van der Waals surface area (Å²) in [6, 6.07) is 8.42. The molecule has 202 valence electrons. The van der Waals surface area contributed by atoms with Crippen LogP contribution in [0.3, 0.4) is 0 Å². The lowest BCUT2D eigenvalue weighted by Gasteiger charge is -2.41. The zero-order valence-corrected chi connectivity index (χ0v) is 22.8. The lowest BCUT2D eigenvalue weighted by atomic mass is 9.69. The van der Waals surface area contributed by atoms with Crippen molar-refractivity contribution in [1.29, 1.82) is 0 Å². The van der Waals surface area contributed by atoms with Crippen LogP contribution in [0.4, 0.5) is 0 Å². The summed E-state index contributed by atoms with van der Waals surface area (Å²) in [5.41, 5.74) is -2.22. The third-order valence-electron chi connectivity index (χ3n) is 9.34. The summed E-state index contributed by atoms with van der Waals surface area (Å²) in [5, 5.41) is 0. The average Bonchev–Trinajstić information content (AvgIpc) is 3.21. The van der Waals surface area contributed by atoms with Crippen LogP contribution in [0.5, 0.6) is 0 Å². The molecule has 0 radical (unpaired) electrons. The van der Waals surface area contributed by atoms with Crippen LogP contribution < -0.4 is 0 Å². The summed E-state index contributed by atoms with van der Waals surface area (Å²) >= 11 is 0. The molecule has 3 fully saturated rings. The molecule has 4 rings (SSSR count). The highest BCUT2D eigenvalue weighted by atomic mass is 32.2. The predicted octanol–water partition coefficient (Wildman–Crippen LogP) is 4.84. The van der Waals surface area contributed by atoms with Crippen molar-refractivity contribution in [3.05, 3.63) is 42.5 Å². The highest BCUT2D eigenvalue weighted by Gasteiger charge is 2.66. The van der Waals surface area contributed by atoms with Crippen LogP contribution in [-0.2, 0) is 33.7 Å². The maximum absolute atomic E-state index is 13.4. The van der Waals surface area contributed by atoms with Crippen LogP contribution >= 0.6 is 0 Å². The Morgan fingerprint density at radius 2 is 1.84 bits per heavy atom. The van der Waals surface area contributed by atoms with E-state index in [1.54, 1.807) is 37.3 Å². The van der Waals surface area contributed by atoms with Crippen LogP contribution in [0, 0.1) is 22.2 Å². The number of esters is 2. The van der Waals surface area contributed by atoms with E-state index in [1.165, 1.54) is 12.2 Å². The Morgan fingerprint density at radius 3 is 2.49 bits per heavy atom. The van der Waals surface area contributed by atoms with E-state index in [1.807, 2.05) is 0 Å². The maximum Gasteiger partial charge on any atom is 0.330 e. The number of fused-ring (bicyclic) bond motifs is 2. The summed E-state index contributed by atoms with van der Waals surface area (Å²) in [6.45, 7) is 6.07. The van der Waals surface area contributed by atoms with Gasteiger partial charge in [0.25, 0.3) is 0 Å². The fourth-order valence-corrected chi connectivity index (χ4v) is 9.09. The molecule has 37 heavy (non-hydrogen) atoms. The molecule has 2 bridgehead atoms. The molecule has 8 heteroatoms. The van der Waals surface area contributed by atoms with E-state index in [4.69, 9.17) is 9.47 Å². The number of allylic oxidation sites excluding steroid dienone is 1. The van der Waals surface area contributed by atoms with Gasteiger partial charge in [0.05, 0.1) is 17.3 Å². The van der Waals surface area contributed by atoms with Crippen molar-refractivity contribution in [1.82, 2.24) is 0 Å². The van der Waals surface area contributed by atoms with Gasteiger partial charge in [-0.1, -0.05) is 44.5 Å². The summed E-state index contributed by atoms with van der Waals surface area (Å²) in [6.07, 6.45) is 6.83. The number of benzene rings is 1. The molecular formula is C29H38O7S. The third kappa shape index (κ3) is 4.89. The van der Waals surface area contributed by atoms with Crippen LogP contribution in [-0.4, -0.2) is 44.6 Å². The van der Waals surface area contributed by atoms with Gasteiger partial charge in [0.2, 0.25) is 0 Å². The molecule has 3 saturated carbocycles. The lowest BCUT2D eigenvalue weighted by Crippen LogP contribution is -2.46. The topological polar surface area (TPSA) is 104 Å². The zero-order valence-electron chi connectivity index (χ0n) is 22.0. The second-order valence-corrected chi connectivity index (χ2v) is 13.4. The van der Waals surface area contributed by atoms with Crippen LogP contribution in [0.15, 0.2) is 47.4 Å². The van der Waals surface area contributed by atoms with Gasteiger partial charge in [-0.25, -0.2) is 13.2 Å². The van der Waals surface area contributed by atoms with E-state index in [2.05, 4.69) is 13.8 Å². The van der Waals surface area contributed by atoms with Gasteiger partial charge in [0, 0.05) is 17.9 Å². The third-order valence-corrected chi connectivity index (χ3v) is 11.2. The molecule has 0 saturated heterocycles. The first-order valence-electron chi connectivity index (χ1n) is 13.3. The molecule has 0 spiro atoms. The van der Waals surface area contributed by atoms with Gasteiger partial charge < -0.3 is 9.47 Å². The Labute approximate surface area is 219 Å².